The van der Waals surface area contributed by atoms with Crippen molar-refractivity contribution in [2.75, 3.05) is 13.2 Å². The van der Waals surface area contributed by atoms with Gasteiger partial charge in [0, 0.05) is 0 Å². The number of ether oxygens (including phenoxy) is 1. The number of carbonyl (C=O) groups excluding carboxylic acids is 1. The maximum atomic E-state index is 11.7. The molecule has 0 bridgehead atoms. The van der Waals surface area contributed by atoms with E-state index >= 15 is 0 Å². The summed E-state index contributed by atoms with van der Waals surface area (Å²) < 4.78 is 5.34. The van der Waals surface area contributed by atoms with Crippen LogP contribution in [0.2, 0.25) is 0 Å². The van der Waals surface area contributed by atoms with E-state index in [4.69, 9.17) is 4.74 Å². The molecule has 0 aromatic rings. The van der Waals surface area contributed by atoms with Crippen molar-refractivity contribution < 1.29 is 9.53 Å². The number of esters is 1. The summed E-state index contributed by atoms with van der Waals surface area (Å²) in [5.41, 5.74) is 0. The van der Waals surface area contributed by atoms with Gasteiger partial charge in [-0.1, -0.05) is 103 Å². The van der Waals surface area contributed by atoms with Gasteiger partial charge < -0.3 is 10.1 Å². The number of nitrogens with one attached hydrogen (secondary N) is 1. The summed E-state index contributed by atoms with van der Waals surface area (Å²) in [4.78, 5) is 11.7. The fraction of sp³-hybridized carbons (Fsp3) is 0.957. The Kier molecular flexibility index (Phi) is 21.5. The van der Waals surface area contributed by atoms with Crippen LogP contribution in [0.5, 0.6) is 0 Å². The van der Waals surface area contributed by atoms with Gasteiger partial charge in [-0.15, -0.1) is 0 Å². The Labute approximate surface area is 191 Å². The van der Waals surface area contributed by atoms with Crippen molar-refractivity contribution >= 4 is 35.5 Å². The van der Waals surface area contributed by atoms with Crippen LogP contribution < -0.4 is 5.32 Å². The minimum atomic E-state index is -0.0385. The van der Waals surface area contributed by atoms with Crippen molar-refractivity contribution in [2.24, 2.45) is 0 Å². The third-order valence-electron chi connectivity index (χ3n) is 5.59. The molecule has 0 aliphatic carbocycles. The minimum absolute atomic E-state index is 0. The zero-order chi connectivity index (χ0) is 18.7. The van der Waals surface area contributed by atoms with Gasteiger partial charge >= 0.3 is 35.5 Å². The van der Waals surface area contributed by atoms with Crippen molar-refractivity contribution in [1.82, 2.24) is 5.32 Å². The van der Waals surface area contributed by atoms with Gasteiger partial charge in [0.05, 0.1) is 6.61 Å². The molecule has 0 amide bonds. The van der Waals surface area contributed by atoms with Crippen molar-refractivity contribution in [3.05, 3.63) is 0 Å². The zero-order valence-electron chi connectivity index (χ0n) is 17.5. The average molecular weight is 392 g/mol. The molecule has 156 valence electrons. The van der Waals surface area contributed by atoms with E-state index in [9.17, 15) is 4.79 Å². The summed E-state index contributed by atoms with van der Waals surface area (Å²) in [6, 6.07) is -0.0314. The number of rotatable bonds is 18. The summed E-state index contributed by atoms with van der Waals surface area (Å²) >= 11 is 0. The first-order chi connectivity index (χ1) is 12.8. The van der Waals surface area contributed by atoms with Crippen LogP contribution in [-0.4, -0.2) is 54.7 Å². The molecule has 4 heteroatoms. The third kappa shape index (κ3) is 17.0. The number of hydrogen-bond acceptors (Lipinski definition) is 3. The van der Waals surface area contributed by atoms with Crippen LogP contribution in [0.4, 0.5) is 0 Å². The van der Waals surface area contributed by atoms with Crippen molar-refractivity contribution in [3.8, 4) is 0 Å². The first kappa shape index (κ1) is 27.4. The molecule has 1 atom stereocenters. The summed E-state index contributed by atoms with van der Waals surface area (Å²) in [5, 5.41) is 3.19. The van der Waals surface area contributed by atoms with E-state index in [-0.39, 0.29) is 41.6 Å². The molecular weight excluding hydrogens is 345 g/mol. The van der Waals surface area contributed by atoms with Crippen molar-refractivity contribution in [3.63, 3.8) is 0 Å². The van der Waals surface area contributed by atoms with Crippen LogP contribution in [0.1, 0.15) is 122 Å². The summed E-state index contributed by atoms with van der Waals surface area (Å²) in [6.07, 6.45) is 24.0. The average Bonchev–Trinajstić information content (AvgIpc) is 3.19. The number of carbonyl (C=O) groups is 1. The predicted molar refractivity (Wildman–Crippen MR) is 119 cm³/mol. The number of unbranched alkanes of at least 4 members (excludes halogenated alkanes) is 15. The maximum absolute atomic E-state index is 11.7. The van der Waals surface area contributed by atoms with Crippen molar-refractivity contribution in [2.45, 2.75) is 129 Å². The van der Waals surface area contributed by atoms with E-state index < -0.39 is 0 Å². The molecule has 0 aromatic carbocycles. The Hall–Kier alpha value is 0.430. The zero-order valence-corrected chi connectivity index (χ0v) is 17.5. The van der Waals surface area contributed by atoms with Crippen LogP contribution in [0.15, 0.2) is 0 Å². The molecule has 3 nitrogen and oxygen atoms in total. The Morgan fingerprint density at radius 3 is 1.63 bits per heavy atom. The molecule has 1 rings (SSSR count). The van der Waals surface area contributed by atoms with E-state index in [0.29, 0.717) is 6.61 Å². The summed E-state index contributed by atoms with van der Waals surface area (Å²) in [6.45, 7) is 3.85. The van der Waals surface area contributed by atoms with Crippen LogP contribution in [0.25, 0.3) is 0 Å². The van der Waals surface area contributed by atoms with E-state index in [1.165, 1.54) is 96.3 Å². The Bertz CT molecular complexity index is 320. The SMILES string of the molecule is CCCCCCCCCCCCCCCCCCOC(=O)[C@@H]1CCCN1.[NaH]. The molecular formula is C23H46NNaO2. The molecule has 0 saturated carbocycles. The first-order valence-corrected chi connectivity index (χ1v) is 11.7. The number of hydrogen-bond donors (Lipinski definition) is 1. The van der Waals surface area contributed by atoms with E-state index in [0.717, 1.165) is 25.8 Å². The predicted octanol–water partition coefficient (Wildman–Crippen LogP) is 5.89. The second-order valence-corrected chi connectivity index (χ2v) is 8.12. The third-order valence-corrected chi connectivity index (χ3v) is 5.59. The van der Waals surface area contributed by atoms with Gasteiger partial charge in [0.25, 0.3) is 0 Å². The van der Waals surface area contributed by atoms with Gasteiger partial charge in [0.1, 0.15) is 6.04 Å². The molecule has 0 radical (unpaired) electrons. The van der Waals surface area contributed by atoms with E-state index in [2.05, 4.69) is 12.2 Å². The van der Waals surface area contributed by atoms with Gasteiger partial charge in [-0.2, -0.15) is 0 Å². The Morgan fingerprint density at radius 2 is 1.22 bits per heavy atom. The monoisotopic (exact) mass is 391 g/mol. The topological polar surface area (TPSA) is 38.3 Å². The Balaban J connectivity index is 0.00000676. The second-order valence-electron chi connectivity index (χ2n) is 8.12. The standard InChI is InChI=1S/C23H45NO2.Na.H/c1-2-3-4-5-6-7-8-9-10-11-12-13-14-15-16-17-21-26-23(25)22-19-18-20-24-22;;/h22,24H,2-21H2,1H3;;/t22-;;/m0../s1. The van der Waals surface area contributed by atoms with Gasteiger partial charge in [0.15, 0.2) is 0 Å². The quantitative estimate of drug-likeness (QED) is 0.180. The molecule has 1 fully saturated rings. The van der Waals surface area contributed by atoms with Crippen LogP contribution in [0.3, 0.4) is 0 Å². The molecule has 1 aliphatic rings. The molecule has 1 saturated heterocycles. The fourth-order valence-electron chi connectivity index (χ4n) is 3.81. The van der Waals surface area contributed by atoms with Gasteiger partial charge in [-0.3, -0.25) is 4.79 Å². The van der Waals surface area contributed by atoms with Crippen molar-refractivity contribution in [1.29, 1.82) is 0 Å². The second kappa shape index (κ2) is 21.1. The summed E-state index contributed by atoms with van der Waals surface area (Å²) in [5.74, 6) is -0.0385. The molecule has 1 aliphatic heterocycles. The van der Waals surface area contributed by atoms with Gasteiger partial charge in [-0.25, -0.2) is 0 Å². The molecule has 27 heavy (non-hydrogen) atoms. The molecule has 1 N–H and O–H groups in total. The van der Waals surface area contributed by atoms with Gasteiger partial charge in [0.2, 0.25) is 0 Å². The normalized spacial score (nSPS) is 16.3. The molecule has 0 spiro atoms. The molecule has 0 unspecified atom stereocenters. The van der Waals surface area contributed by atoms with Crippen LogP contribution in [-0.2, 0) is 9.53 Å². The molecule has 0 aromatic heterocycles. The fourth-order valence-corrected chi connectivity index (χ4v) is 3.81. The van der Waals surface area contributed by atoms with Gasteiger partial charge in [-0.05, 0) is 25.8 Å². The van der Waals surface area contributed by atoms with E-state index in [1.807, 2.05) is 0 Å². The summed E-state index contributed by atoms with van der Waals surface area (Å²) in [7, 11) is 0. The van der Waals surface area contributed by atoms with E-state index in [1.54, 1.807) is 0 Å². The van der Waals surface area contributed by atoms with Crippen LogP contribution >= 0.6 is 0 Å². The first-order valence-electron chi connectivity index (χ1n) is 11.7. The Morgan fingerprint density at radius 1 is 0.778 bits per heavy atom. The molecule has 1 heterocycles. The van der Waals surface area contributed by atoms with Crippen LogP contribution in [0, 0.1) is 0 Å².